The highest BCUT2D eigenvalue weighted by molar-refractivity contribution is 5.71. The van der Waals surface area contributed by atoms with Gasteiger partial charge in [0.25, 0.3) is 0 Å². The Labute approximate surface area is 89.7 Å². The Kier molecular flexibility index (Phi) is 3.35. The Morgan fingerprint density at radius 2 is 1.93 bits per heavy atom. The molecular formula is C12H16O3. The minimum atomic E-state index is -0.804. The third kappa shape index (κ3) is 2.29. The molecule has 1 aromatic carbocycles. The van der Waals surface area contributed by atoms with E-state index in [0.29, 0.717) is 0 Å². The molecule has 0 saturated heterocycles. The highest BCUT2D eigenvalue weighted by Crippen LogP contribution is 2.28. The average molecular weight is 208 g/mol. The number of carboxylic acids is 1. The third-order valence-corrected chi connectivity index (χ3v) is 2.68. The van der Waals surface area contributed by atoms with Crippen LogP contribution in [0.1, 0.15) is 22.3 Å². The second-order valence-electron chi connectivity index (χ2n) is 3.71. The van der Waals surface area contributed by atoms with Gasteiger partial charge in [0.15, 0.2) is 0 Å². The lowest BCUT2D eigenvalue weighted by Gasteiger charge is -2.14. The van der Waals surface area contributed by atoms with Crippen LogP contribution in [0.3, 0.4) is 0 Å². The maximum atomic E-state index is 10.7. The first-order valence-electron chi connectivity index (χ1n) is 4.82. The summed E-state index contributed by atoms with van der Waals surface area (Å²) >= 11 is 0. The van der Waals surface area contributed by atoms with Crippen molar-refractivity contribution in [1.82, 2.24) is 0 Å². The van der Waals surface area contributed by atoms with E-state index < -0.39 is 5.97 Å². The molecule has 82 valence electrons. The van der Waals surface area contributed by atoms with Crippen LogP contribution in [-0.2, 0) is 11.2 Å². The van der Waals surface area contributed by atoms with Gasteiger partial charge in [-0.05, 0) is 43.0 Å². The van der Waals surface area contributed by atoms with Crippen LogP contribution in [0.5, 0.6) is 5.75 Å². The monoisotopic (exact) mass is 208 g/mol. The van der Waals surface area contributed by atoms with E-state index in [-0.39, 0.29) is 6.42 Å². The van der Waals surface area contributed by atoms with Crippen molar-refractivity contribution >= 4 is 5.97 Å². The van der Waals surface area contributed by atoms with Crippen LogP contribution in [-0.4, -0.2) is 18.2 Å². The minimum Gasteiger partial charge on any atom is -0.496 e. The van der Waals surface area contributed by atoms with Crippen molar-refractivity contribution < 1.29 is 14.6 Å². The van der Waals surface area contributed by atoms with Crippen molar-refractivity contribution in [3.63, 3.8) is 0 Å². The molecule has 3 nitrogen and oxygen atoms in total. The zero-order valence-electron chi connectivity index (χ0n) is 9.55. The Balaban J connectivity index is 3.27. The van der Waals surface area contributed by atoms with E-state index in [1.54, 1.807) is 7.11 Å². The lowest BCUT2D eigenvalue weighted by molar-refractivity contribution is -0.136. The molecule has 0 amide bonds. The van der Waals surface area contributed by atoms with E-state index in [1.165, 1.54) is 0 Å². The second kappa shape index (κ2) is 4.34. The Morgan fingerprint density at radius 3 is 2.40 bits per heavy atom. The molecule has 0 atom stereocenters. The number of hydrogen-bond donors (Lipinski definition) is 1. The molecule has 0 bridgehead atoms. The number of carboxylic acid groups (broad SMARTS) is 1. The number of benzene rings is 1. The maximum Gasteiger partial charge on any atom is 0.307 e. The van der Waals surface area contributed by atoms with Gasteiger partial charge in [-0.25, -0.2) is 0 Å². The largest absolute Gasteiger partial charge is 0.496 e. The van der Waals surface area contributed by atoms with Gasteiger partial charge in [-0.2, -0.15) is 0 Å². The Morgan fingerprint density at radius 1 is 1.33 bits per heavy atom. The summed E-state index contributed by atoms with van der Waals surface area (Å²) in [5.41, 5.74) is 3.86. The van der Waals surface area contributed by atoms with E-state index in [0.717, 1.165) is 28.0 Å². The van der Waals surface area contributed by atoms with Crippen LogP contribution < -0.4 is 4.74 Å². The highest BCUT2D eigenvalue weighted by atomic mass is 16.5. The third-order valence-electron chi connectivity index (χ3n) is 2.68. The van der Waals surface area contributed by atoms with E-state index >= 15 is 0 Å². The smallest absolute Gasteiger partial charge is 0.307 e. The topological polar surface area (TPSA) is 46.5 Å². The van der Waals surface area contributed by atoms with Gasteiger partial charge in [0.2, 0.25) is 0 Å². The van der Waals surface area contributed by atoms with E-state index in [1.807, 2.05) is 26.8 Å². The fourth-order valence-electron chi connectivity index (χ4n) is 1.80. The highest BCUT2D eigenvalue weighted by Gasteiger charge is 2.12. The molecule has 0 radical (unpaired) electrons. The van der Waals surface area contributed by atoms with Gasteiger partial charge >= 0.3 is 5.97 Å². The van der Waals surface area contributed by atoms with Gasteiger partial charge in [0.05, 0.1) is 13.5 Å². The predicted octanol–water partition coefficient (Wildman–Crippen LogP) is 2.25. The van der Waals surface area contributed by atoms with Crippen LogP contribution in [0.15, 0.2) is 6.07 Å². The summed E-state index contributed by atoms with van der Waals surface area (Å²) in [4.78, 5) is 10.7. The van der Waals surface area contributed by atoms with Crippen molar-refractivity contribution in [2.24, 2.45) is 0 Å². The zero-order chi connectivity index (χ0) is 11.6. The van der Waals surface area contributed by atoms with Crippen LogP contribution >= 0.6 is 0 Å². The molecule has 1 aromatic rings. The van der Waals surface area contributed by atoms with Crippen molar-refractivity contribution in [3.05, 3.63) is 28.3 Å². The van der Waals surface area contributed by atoms with Crippen molar-refractivity contribution in [3.8, 4) is 5.75 Å². The van der Waals surface area contributed by atoms with E-state index in [9.17, 15) is 4.79 Å². The molecule has 0 aliphatic heterocycles. The number of methoxy groups -OCH3 is 1. The van der Waals surface area contributed by atoms with Crippen LogP contribution in [0, 0.1) is 20.8 Å². The number of carbonyl (C=O) groups is 1. The molecule has 1 N–H and O–H groups in total. The van der Waals surface area contributed by atoms with Gasteiger partial charge in [-0.15, -0.1) is 0 Å². The number of rotatable bonds is 3. The van der Waals surface area contributed by atoms with Crippen molar-refractivity contribution in [1.29, 1.82) is 0 Å². The van der Waals surface area contributed by atoms with Gasteiger partial charge < -0.3 is 9.84 Å². The Bertz CT molecular complexity index is 394. The second-order valence-corrected chi connectivity index (χ2v) is 3.71. The molecule has 0 spiro atoms. The number of ether oxygens (including phenoxy) is 1. The number of aliphatic carboxylic acids is 1. The molecule has 0 aromatic heterocycles. The normalized spacial score (nSPS) is 10.1. The molecule has 15 heavy (non-hydrogen) atoms. The number of hydrogen-bond acceptors (Lipinski definition) is 2. The fourth-order valence-corrected chi connectivity index (χ4v) is 1.80. The molecule has 1 rings (SSSR count). The standard InChI is InChI=1S/C12H16O3/c1-7-5-10(6-11(13)14)8(2)9(3)12(7)15-4/h5H,6H2,1-4H3,(H,13,14). The van der Waals surface area contributed by atoms with Crippen molar-refractivity contribution in [2.45, 2.75) is 27.2 Å². The molecule has 0 aliphatic rings. The maximum absolute atomic E-state index is 10.7. The van der Waals surface area contributed by atoms with E-state index in [2.05, 4.69) is 0 Å². The zero-order valence-corrected chi connectivity index (χ0v) is 9.55. The molecule has 0 saturated carbocycles. The molecule has 0 fully saturated rings. The Hall–Kier alpha value is -1.51. The summed E-state index contributed by atoms with van der Waals surface area (Å²) in [5.74, 6) is 0.0451. The van der Waals surface area contributed by atoms with E-state index in [4.69, 9.17) is 9.84 Å². The quantitative estimate of drug-likeness (QED) is 0.828. The first-order chi connectivity index (χ1) is 6.97. The molecule has 0 unspecified atom stereocenters. The van der Waals surface area contributed by atoms with Gasteiger partial charge in [-0.3, -0.25) is 4.79 Å². The first kappa shape index (κ1) is 11.6. The number of aryl methyl sites for hydroxylation is 1. The van der Waals surface area contributed by atoms with Crippen LogP contribution in [0.4, 0.5) is 0 Å². The summed E-state index contributed by atoms with van der Waals surface area (Å²) in [7, 11) is 1.63. The molecule has 0 heterocycles. The lowest BCUT2D eigenvalue weighted by Crippen LogP contribution is -2.05. The van der Waals surface area contributed by atoms with Gasteiger partial charge in [0, 0.05) is 0 Å². The minimum absolute atomic E-state index is 0.0670. The molecule has 3 heteroatoms. The summed E-state index contributed by atoms with van der Waals surface area (Å²) in [6.07, 6.45) is 0.0670. The van der Waals surface area contributed by atoms with Gasteiger partial charge in [-0.1, -0.05) is 6.07 Å². The predicted molar refractivity (Wildman–Crippen MR) is 58.5 cm³/mol. The molecule has 0 aliphatic carbocycles. The summed E-state index contributed by atoms with van der Waals surface area (Å²) < 4.78 is 5.27. The average Bonchev–Trinajstić information content (AvgIpc) is 2.14. The van der Waals surface area contributed by atoms with Crippen LogP contribution in [0.25, 0.3) is 0 Å². The fraction of sp³-hybridized carbons (Fsp3) is 0.417. The lowest BCUT2D eigenvalue weighted by atomic mass is 9.97. The summed E-state index contributed by atoms with van der Waals surface area (Å²) in [5, 5.41) is 8.77. The first-order valence-corrected chi connectivity index (χ1v) is 4.82. The van der Waals surface area contributed by atoms with Gasteiger partial charge in [0.1, 0.15) is 5.75 Å². The summed E-state index contributed by atoms with van der Waals surface area (Å²) in [6, 6.07) is 1.88. The van der Waals surface area contributed by atoms with Crippen molar-refractivity contribution in [2.75, 3.05) is 7.11 Å². The SMILES string of the molecule is COc1c(C)cc(CC(=O)O)c(C)c1C. The van der Waals surface area contributed by atoms with Crippen LogP contribution in [0.2, 0.25) is 0 Å². The summed E-state index contributed by atoms with van der Waals surface area (Å²) in [6.45, 7) is 5.80. The molecular weight excluding hydrogens is 192 g/mol.